The van der Waals surface area contributed by atoms with E-state index in [1.165, 1.54) is 14.0 Å². The Morgan fingerprint density at radius 1 is 1.20 bits per heavy atom. The normalized spacial score (nSPS) is 15.8. The molecule has 3 rings (SSSR count). The zero-order valence-electron chi connectivity index (χ0n) is 16.3. The van der Waals surface area contributed by atoms with Gasteiger partial charge in [0.1, 0.15) is 18.4 Å². The number of thioether (sulfide) groups is 1. The van der Waals surface area contributed by atoms with Gasteiger partial charge < -0.3 is 9.47 Å². The molecule has 0 aromatic heterocycles. The second-order valence-electron chi connectivity index (χ2n) is 6.35. The fraction of sp³-hybridized carbons (Fsp3) is 0.182. The van der Waals surface area contributed by atoms with Gasteiger partial charge in [-0.1, -0.05) is 36.4 Å². The molecule has 0 aliphatic carbocycles. The first kappa shape index (κ1) is 21.1. The van der Waals surface area contributed by atoms with Gasteiger partial charge in [0.25, 0.3) is 11.1 Å². The number of hydrogen-bond donors (Lipinski definition) is 0. The highest BCUT2D eigenvalue weighted by atomic mass is 32.2. The first-order valence-corrected chi connectivity index (χ1v) is 9.82. The Balaban J connectivity index is 1.83. The second kappa shape index (κ2) is 9.29. The van der Waals surface area contributed by atoms with Gasteiger partial charge in [0.2, 0.25) is 0 Å². The Bertz CT molecular complexity index is 1070. The van der Waals surface area contributed by atoms with E-state index in [9.17, 15) is 19.6 Å². The number of esters is 1. The average Bonchev–Trinajstić information content (AvgIpc) is 3.04. The van der Waals surface area contributed by atoms with E-state index in [1.807, 2.05) is 6.07 Å². The molecule has 0 bridgehead atoms. The van der Waals surface area contributed by atoms with Crippen molar-refractivity contribution in [2.75, 3.05) is 7.11 Å². The topological polar surface area (TPSA) is 96.7 Å². The number of hydrogen-bond acceptors (Lipinski definition) is 7. The molecule has 0 spiro atoms. The average molecular weight is 422 g/mol. The third-order valence-corrected chi connectivity index (χ3v) is 5.36. The van der Waals surface area contributed by atoms with Crippen molar-refractivity contribution in [3.8, 4) is 11.8 Å². The number of para-hydroxylation sites is 1. The Hall–Kier alpha value is -3.57. The highest BCUT2D eigenvalue weighted by Gasteiger charge is 2.41. The van der Waals surface area contributed by atoms with E-state index < -0.39 is 23.2 Å². The lowest BCUT2D eigenvalue weighted by molar-refractivity contribution is -0.148. The number of nitrogens with zero attached hydrogens (tertiary/aromatic N) is 2. The van der Waals surface area contributed by atoms with Crippen LogP contribution in [-0.2, 0) is 20.9 Å². The summed E-state index contributed by atoms with van der Waals surface area (Å²) in [7, 11) is 1.20. The zero-order valence-corrected chi connectivity index (χ0v) is 17.1. The third-order valence-electron chi connectivity index (χ3n) is 4.48. The van der Waals surface area contributed by atoms with Gasteiger partial charge in [-0.05, 0) is 36.9 Å². The summed E-state index contributed by atoms with van der Waals surface area (Å²) in [6, 6.07) is 15.3. The van der Waals surface area contributed by atoms with Crippen molar-refractivity contribution in [3.63, 3.8) is 0 Å². The molecule has 1 aliphatic heterocycles. The van der Waals surface area contributed by atoms with E-state index in [2.05, 4.69) is 10.8 Å². The van der Waals surface area contributed by atoms with Gasteiger partial charge in [-0.25, -0.2) is 4.79 Å². The summed E-state index contributed by atoms with van der Waals surface area (Å²) in [5, 5.41) is 8.68. The Morgan fingerprint density at radius 2 is 1.90 bits per heavy atom. The largest absolute Gasteiger partial charge is 0.488 e. The van der Waals surface area contributed by atoms with Crippen molar-refractivity contribution in [1.82, 2.24) is 4.90 Å². The highest BCUT2D eigenvalue weighted by molar-refractivity contribution is 8.18. The maximum atomic E-state index is 12.7. The maximum Gasteiger partial charge on any atom is 0.328 e. The first-order chi connectivity index (χ1) is 14.5. The van der Waals surface area contributed by atoms with Crippen LogP contribution in [-0.4, -0.2) is 35.2 Å². The minimum atomic E-state index is -1.01. The van der Waals surface area contributed by atoms with E-state index in [1.54, 1.807) is 48.5 Å². The fourth-order valence-corrected chi connectivity index (χ4v) is 3.77. The Kier molecular flexibility index (Phi) is 6.54. The van der Waals surface area contributed by atoms with Gasteiger partial charge in [-0.3, -0.25) is 14.5 Å². The van der Waals surface area contributed by atoms with Crippen molar-refractivity contribution in [1.29, 1.82) is 5.26 Å². The molecule has 8 heteroatoms. The van der Waals surface area contributed by atoms with Gasteiger partial charge >= 0.3 is 5.97 Å². The van der Waals surface area contributed by atoms with E-state index in [0.29, 0.717) is 16.9 Å². The standard InChI is InChI=1S/C22H18N2O5S/c1-14(21(26)28-2)24-20(25)19(30-22(24)27)11-15-7-5-6-10-18(15)29-13-17-9-4-3-8-16(17)12-23/h3-11,14H,13H2,1-2H3/b19-11+/t14-/m1/s1. The summed E-state index contributed by atoms with van der Waals surface area (Å²) < 4.78 is 10.5. The summed E-state index contributed by atoms with van der Waals surface area (Å²) in [4.78, 5) is 37.8. The maximum absolute atomic E-state index is 12.7. The van der Waals surface area contributed by atoms with Crippen LogP contribution >= 0.6 is 11.8 Å². The van der Waals surface area contributed by atoms with Crippen LogP contribution < -0.4 is 4.74 Å². The summed E-state index contributed by atoms with van der Waals surface area (Å²) in [5.41, 5.74) is 1.86. The third kappa shape index (κ3) is 4.36. The van der Waals surface area contributed by atoms with Crippen molar-refractivity contribution in [2.24, 2.45) is 0 Å². The summed E-state index contributed by atoms with van der Waals surface area (Å²) >= 11 is 0.754. The quantitative estimate of drug-likeness (QED) is 0.517. The number of benzene rings is 2. The molecule has 1 saturated heterocycles. The smallest absolute Gasteiger partial charge is 0.328 e. The van der Waals surface area contributed by atoms with Gasteiger partial charge in [-0.2, -0.15) is 5.26 Å². The molecule has 1 atom stereocenters. The van der Waals surface area contributed by atoms with Gasteiger partial charge in [0.15, 0.2) is 0 Å². The molecule has 2 amide bonds. The van der Waals surface area contributed by atoms with Crippen LogP contribution in [0.5, 0.6) is 5.75 Å². The molecule has 30 heavy (non-hydrogen) atoms. The van der Waals surface area contributed by atoms with Crippen LogP contribution in [0.2, 0.25) is 0 Å². The number of ether oxygens (including phenoxy) is 2. The number of imide groups is 1. The summed E-state index contributed by atoms with van der Waals surface area (Å²) in [5.74, 6) is -0.732. The molecule has 2 aromatic rings. The predicted molar refractivity (Wildman–Crippen MR) is 111 cm³/mol. The lowest BCUT2D eigenvalue weighted by Gasteiger charge is -2.18. The fourth-order valence-electron chi connectivity index (χ4n) is 2.87. The van der Waals surface area contributed by atoms with Crippen LogP contribution in [0.1, 0.15) is 23.6 Å². The number of carbonyl (C=O) groups excluding carboxylic acids is 3. The molecule has 2 aromatic carbocycles. The molecule has 0 saturated carbocycles. The molecular weight excluding hydrogens is 404 g/mol. The molecule has 152 valence electrons. The minimum absolute atomic E-state index is 0.176. The monoisotopic (exact) mass is 422 g/mol. The first-order valence-electron chi connectivity index (χ1n) is 9.01. The van der Waals surface area contributed by atoms with Crippen molar-refractivity contribution >= 4 is 35.0 Å². The van der Waals surface area contributed by atoms with Crippen molar-refractivity contribution in [2.45, 2.75) is 19.6 Å². The number of carbonyl (C=O) groups is 3. The summed E-state index contributed by atoms with van der Waals surface area (Å²) in [6.45, 7) is 1.62. The van der Waals surface area contributed by atoms with Gasteiger partial charge in [0.05, 0.1) is 23.6 Å². The molecular formula is C22H18N2O5S. The molecule has 0 radical (unpaired) electrons. The lowest BCUT2D eigenvalue weighted by Crippen LogP contribution is -2.42. The van der Waals surface area contributed by atoms with Crippen molar-refractivity contribution < 1.29 is 23.9 Å². The predicted octanol–water partition coefficient (Wildman–Crippen LogP) is 3.74. The molecule has 1 heterocycles. The summed E-state index contributed by atoms with van der Waals surface area (Å²) in [6.07, 6.45) is 1.56. The number of methoxy groups -OCH3 is 1. The van der Waals surface area contributed by atoms with Gasteiger partial charge in [-0.15, -0.1) is 0 Å². The van der Waals surface area contributed by atoms with E-state index in [4.69, 9.17) is 4.74 Å². The zero-order chi connectivity index (χ0) is 21.7. The van der Waals surface area contributed by atoms with Gasteiger partial charge in [0, 0.05) is 11.1 Å². The van der Waals surface area contributed by atoms with Crippen molar-refractivity contribution in [3.05, 3.63) is 70.1 Å². The molecule has 0 unspecified atom stereocenters. The number of nitriles is 1. The van der Waals surface area contributed by atoms with Crippen LogP contribution in [0.15, 0.2) is 53.4 Å². The van der Waals surface area contributed by atoms with E-state index in [-0.39, 0.29) is 11.5 Å². The van der Waals surface area contributed by atoms with Crippen LogP contribution in [0, 0.1) is 11.3 Å². The molecule has 1 aliphatic rings. The molecule has 7 nitrogen and oxygen atoms in total. The number of rotatable bonds is 6. The van der Waals surface area contributed by atoms with Crippen LogP contribution in [0.4, 0.5) is 4.79 Å². The van der Waals surface area contributed by atoms with Crippen LogP contribution in [0.3, 0.4) is 0 Å². The highest BCUT2D eigenvalue weighted by Crippen LogP contribution is 2.35. The Morgan fingerprint density at radius 3 is 2.63 bits per heavy atom. The molecule has 0 N–H and O–H groups in total. The Labute approximate surface area is 177 Å². The van der Waals surface area contributed by atoms with E-state index >= 15 is 0 Å². The minimum Gasteiger partial charge on any atom is -0.488 e. The van der Waals surface area contributed by atoms with E-state index in [0.717, 1.165) is 22.2 Å². The lowest BCUT2D eigenvalue weighted by atomic mass is 10.1. The van der Waals surface area contributed by atoms with Crippen LogP contribution in [0.25, 0.3) is 6.08 Å². The SMILES string of the molecule is COC(=O)[C@@H](C)N1C(=O)S/C(=C/c2ccccc2OCc2ccccc2C#N)C1=O. The number of amides is 2. The molecule has 1 fully saturated rings. The second-order valence-corrected chi connectivity index (χ2v) is 7.34.